The van der Waals surface area contributed by atoms with Crippen molar-refractivity contribution >= 4 is 10.9 Å². The van der Waals surface area contributed by atoms with Crippen LogP contribution in [0.25, 0.3) is 10.9 Å². The minimum absolute atomic E-state index is 0.615. The maximum Gasteiger partial charge on any atom is 0.120 e. The van der Waals surface area contributed by atoms with Gasteiger partial charge in [-0.3, -0.25) is 0 Å². The van der Waals surface area contributed by atoms with Crippen LogP contribution in [0.4, 0.5) is 0 Å². The first-order valence-electron chi connectivity index (χ1n) is 5.71. The number of H-pyrrole nitrogens is 1. The van der Waals surface area contributed by atoms with Crippen LogP contribution in [0.3, 0.4) is 0 Å². The number of rotatable bonds is 4. The molecule has 0 spiro atoms. The second-order valence-electron chi connectivity index (χ2n) is 4.73. The van der Waals surface area contributed by atoms with Gasteiger partial charge in [0.15, 0.2) is 0 Å². The first kappa shape index (κ1) is 12.0. The van der Waals surface area contributed by atoms with Crippen molar-refractivity contribution in [2.45, 2.75) is 25.4 Å². The molecule has 1 heterocycles. The number of aromatic amines is 1. The minimum atomic E-state index is -0.615. The monoisotopic (exact) mass is 233 g/mol. The van der Waals surface area contributed by atoms with Gasteiger partial charge in [0.25, 0.3) is 0 Å². The Morgan fingerprint density at radius 2 is 2.12 bits per heavy atom. The second kappa shape index (κ2) is 4.39. The molecule has 92 valence electrons. The van der Waals surface area contributed by atoms with Crippen molar-refractivity contribution in [1.82, 2.24) is 4.98 Å². The number of ether oxygens (including phenoxy) is 1. The molecule has 5 N–H and O–H groups in total. The predicted molar refractivity (Wildman–Crippen MR) is 70.0 cm³/mol. The lowest BCUT2D eigenvalue weighted by molar-refractivity contribution is 0.415. The van der Waals surface area contributed by atoms with Crippen LogP contribution < -0.4 is 16.2 Å². The van der Waals surface area contributed by atoms with Crippen LogP contribution in [0.1, 0.15) is 18.9 Å². The summed E-state index contributed by atoms with van der Waals surface area (Å²) in [7, 11) is 1.67. The van der Waals surface area contributed by atoms with Crippen LogP contribution in [0.2, 0.25) is 0 Å². The number of fused-ring (bicyclic) bond motifs is 1. The SMILES string of the molecule is COc1ccc2c(CCC(C)(N)N)c[nH]c2c1. The van der Waals surface area contributed by atoms with Crippen LogP contribution >= 0.6 is 0 Å². The molecule has 0 saturated carbocycles. The van der Waals surface area contributed by atoms with Gasteiger partial charge in [-0.25, -0.2) is 0 Å². The zero-order valence-electron chi connectivity index (χ0n) is 10.3. The molecule has 0 fully saturated rings. The van der Waals surface area contributed by atoms with Gasteiger partial charge in [0, 0.05) is 23.2 Å². The van der Waals surface area contributed by atoms with Crippen molar-refractivity contribution in [3.8, 4) is 5.75 Å². The summed E-state index contributed by atoms with van der Waals surface area (Å²) in [6, 6.07) is 6.01. The molecule has 4 heteroatoms. The molecule has 1 aromatic carbocycles. The number of aryl methyl sites for hydroxylation is 1. The Morgan fingerprint density at radius 1 is 1.35 bits per heavy atom. The molecule has 0 aliphatic rings. The van der Waals surface area contributed by atoms with E-state index in [0.29, 0.717) is 0 Å². The molecule has 0 bridgehead atoms. The fourth-order valence-corrected chi connectivity index (χ4v) is 1.90. The highest BCUT2D eigenvalue weighted by molar-refractivity contribution is 5.84. The molecule has 17 heavy (non-hydrogen) atoms. The Labute approximate surface area is 101 Å². The van der Waals surface area contributed by atoms with Crippen LogP contribution in [0.15, 0.2) is 24.4 Å². The number of benzene rings is 1. The minimum Gasteiger partial charge on any atom is -0.497 e. The standard InChI is InChI=1S/C13H19N3O/c1-13(14,15)6-5-9-8-16-12-7-10(17-2)3-4-11(9)12/h3-4,7-8,16H,5-6,14-15H2,1-2H3. The summed E-state index contributed by atoms with van der Waals surface area (Å²) in [4.78, 5) is 3.24. The molecule has 4 nitrogen and oxygen atoms in total. The number of nitrogens with one attached hydrogen (secondary N) is 1. The molecule has 0 aliphatic carbocycles. The van der Waals surface area contributed by atoms with E-state index < -0.39 is 5.66 Å². The van der Waals surface area contributed by atoms with E-state index in [1.807, 2.05) is 25.3 Å². The fraction of sp³-hybridized carbons (Fsp3) is 0.385. The van der Waals surface area contributed by atoms with Crippen molar-refractivity contribution in [3.05, 3.63) is 30.0 Å². The average Bonchev–Trinajstić information content (AvgIpc) is 2.67. The highest BCUT2D eigenvalue weighted by Gasteiger charge is 2.12. The molecule has 2 rings (SSSR count). The summed E-state index contributed by atoms with van der Waals surface area (Å²) >= 11 is 0. The smallest absolute Gasteiger partial charge is 0.120 e. The summed E-state index contributed by atoms with van der Waals surface area (Å²) in [6.45, 7) is 1.84. The van der Waals surface area contributed by atoms with Gasteiger partial charge in [0.1, 0.15) is 5.75 Å². The van der Waals surface area contributed by atoms with Gasteiger partial charge in [-0.15, -0.1) is 0 Å². The van der Waals surface area contributed by atoms with Crippen LogP contribution in [-0.4, -0.2) is 17.8 Å². The number of nitrogens with two attached hydrogens (primary N) is 2. The van der Waals surface area contributed by atoms with E-state index in [2.05, 4.69) is 11.1 Å². The molecule has 0 atom stereocenters. The molecular weight excluding hydrogens is 214 g/mol. The summed E-state index contributed by atoms with van der Waals surface area (Å²) in [5, 5.41) is 1.20. The lowest BCUT2D eigenvalue weighted by Crippen LogP contribution is -2.46. The fourth-order valence-electron chi connectivity index (χ4n) is 1.90. The van der Waals surface area contributed by atoms with Gasteiger partial charge in [0.2, 0.25) is 0 Å². The van der Waals surface area contributed by atoms with Crippen molar-refractivity contribution < 1.29 is 4.74 Å². The van der Waals surface area contributed by atoms with E-state index >= 15 is 0 Å². The Balaban J connectivity index is 2.24. The number of hydrogen-bond donors (Lipinski definition) is 3. The second-order valence-corrected chi connectivity index (χ2v) is 4.73. The highest BCUT2D eigenvalue weighted by Crippen LogP contribution is 2.24. The maximum absolute atomic E-state index is 5.79. The lowest BCUT2D eigenvalue weighted by Gasteiger charge is -2.17. The van der Waals surface area contributed by atoms with E-state index in [1.165, 1.54) is 10.9 Å². The van der Waals surface area contributed by atoms with E-state index in [0.717, 1.165) is 24.1 Å². The van der Waals surface area contributed by atoms with Crippen LogP contribution in [0.5, 0.6) is 5.75 Å². The maximum atomic E-state index is 5.79. The number of aromatic nitrogens is 1. The molecule has 0 unspecified atom stereocenters. The highest BCUT2D eigenvalue weighted by atomic mass is 16.5. The first-order valence-corrected chi connectivity index (χ1v) is 5.71. The lowest BCUT2D eigenvalue weighted by atomic mass is 10.0. The van der Waals surface area contributed by atoms with Gasteiger partial charge in [-0.2, -0.15) is 0 Å². The van der Waals surface area contributed by atoms with E-state index in [-0.39, 0.29) is 0 Å². The number of methoxy groups -OCH3 is 1. The Hall–Kier alpha value is -1.52. The quantitative estimate of drug-likeness (QED) is 0.704. The van der Waals surface area contributed by atoms with Gasteiger partial charge >= 0.3 is 0 Å². The average molecular weight is 233 g/mol. The molecule has 2 aromatic rings. The molecule has 0 saturated heterocycles. The van der Waals surface area contributed by atoms with Crippen LogP contribution in [0, 0.1) is 0 Å². The van der Waals surface area contributed by atoms with Gasteiger partial charge < -0.3 is 21.2 Å². The van der Waals surface area contributed by atoms with E-state index in [1.54, 1.807) is 7.11 Å². The van der Waals surface area contributed by atoms with Crippen molar-refractivity contribution in [3.63, 3.8) is 0 Å². The molecular formula is C13H19N3O. The molecule has 0 radical (unpaired) electrons. The van der Waals surface area contributed by atoms with Gasteiger partial charge in [-0.1, -0.05) is 0 Å². The predicted octanol–water partition coefficient (Wildman–Crippen LogP) is 1.74. The summed E-state index contributed by atoms with van der Waals surface area (Å²) in [5.74, 6) is 0.855. The third-order valence-corrected chi connectivity index (χ3v) is 2.91. The normalized spacial score (nSPS) is 12.0. The molecule has 0 aliphatic heterocycles. The summed E-state index contributed by atoms with van der Waals surface area (Å²) in [6.07, 6.45) is 3.64. The zero-order valence-corrected chi connectivity index (χ0v) is 10.3. The van der Waals surface area contributed by atoms with E-state index in [9.17, 15) is 0 Å². The van der Waals surface area contributed by atoms with Crippen LogP contribution in [-0.2, 0) is 6.42 Å². The summed E-state index contributed by atoms with van der Waals surface area (Å²) < 4.78 is 5.19. The zero-order chi connectivity index (χ0) is 12.5. The number of hydrogen-bond acceptors (Lipinski definition) is 3. The topological polar surface area (TPSA) is 77.1 Å². The first-order chi connectivity index (χ1) is 7.99. The molecule has 0 amide bonds. The Bertz CT molecular complexity index is 511. The van der Waals surface area contributed by atoms with Gasteiger partial charge in [0.05, 0.1) is 12.8 Å². The largest absolute Gasteiger partial charge is 0.497 e. The van der Waals surface area contributed by atoms with Gasteiger partial charge in [-0.05, 0) is 37.5 Å². The third kappa shape index (κ3) is 2.78. The van der Waals surface area contributed by atoms with Crippen molar-refractivity contribution in [2.24, 2.45) is 11.5 Å². The van der Waals surface area contributed by atoms with Crippen molar-refractivity contribution in [2.75, 3.05) is 7.11 Å². The van der Waals surface area contributed by atoms with Crippen molar-refractivity contribution in [1.29, 1.82) is 0 Å². The van der Waals surface area contributed by atoms with E-state index in [4.69, 9.17) is 16.2 Å². The Morgan fingerprint density at radius 3 is 2.76 bits per heavy atom. The summed E-state index contributed by atoms with van der Waals surface area (Å²) in [5.41, 5.74) is 13.3. The molecule has 1 aromatic heterocycles. The third-order valence-electron chi connectivity index (χ3n) is 2.91. The Kier molecular flexibility index (Phi) is 3.09.